The van der Waals surface area contributed by atoms with Gasteiger partial charge in [0, 0.05) is 19.1 Å². The third-order valence-electron chi connectivity index (χ3n) is 4.16. The molecule has 0 aromatic heterocycles. The lowest BCUT2D eigenvalue weighted by molar-refractivity contribution is 0.466. The number of benzene rings is 1. The minimum atomic E-state index is 0.725. The van der Waals surface area contributed by atoms with Gasteiger partial charge >= 0.3 is 0 Å². The molecule has 86 valence electrons. The summed E-state index contributed by atoms with van der Waals surface area (Å²) in [7, 11) is 0. The van der Waals surface area contributed by atoms with E-state index in [1.54, 1.807) is 0 Å². The molecule has 2 aliphatic heterocycles. The number of nitrogens with one attached hydrogen (secondary N) is 1. The second-order valence-electron chi connectivity index (χ2n) is 5.13. The second-order valence-corrected chi connectivity index (χ2v) is 5.13. The summed E-state index contributed by atoms with van der Waals surface area (Å²) < 4.78 is 0. The highest BCUT2D eigenvalue weighted by Crippen LogP contribution is 2.38. The molecule has 1 atom stereocenters. The van der Waals surface area contributed by atoms with Crippen LogP contribution in [-0.4, -0.2) is 19.1 Å². The third kappa shape index (κ3) is 1.40. The lowest BCUT2D eigenvalue weighted by atomic mass is 9.95. The number of aryl methyl sites for hydroxylation is 1. The number of nitrogens with zero attached hydrogens (tertiary/aromatic N) is 1. The van der Waals surface area contributed by atoms with Crippen molar-refractivity contribution in [3.8, 4) is 0 Å². The maximum atomic E-state index is 3.63. The Morgan fingerprint density at radius 1 is 1.25 bits per heavy atom. The van der Waals surface area contributed by atoms with Gasteiger partial charge in [0.25, 0.3) is 0 Å². The van der Waals surface area contributed by atoms with Crippen LogP contribution in [0.1, 0.15) is 30.4 Å². The van der Waals surface area contributed by atoms with Crippen LogP contribution in [-0.2, 0) is 0 Å². The van der Waals surface area contributed by atoms with Gasteiger partial charge in [-0.05, 0) is 50.3 Å². The van der Waals surface area contributed by atoms with Gasteiger partial charge in [0.15, 0.2) is 0 Å². The fourth-order valence-corrected chi connectivity index (χ4v) is 3.01. The van der Waals surface area contributed by atoms with E-state index >= 15 is 0 Å². The number of hydrogen-bond donors (Lipinski definition) is 1. The standard InChI is InChI=1S/C14H20N2/c1-10-6-7-13-14(11(10)2)15-9-12-5-3-4-8-16(12)13/h6-7,12,15H,3-5,8-9H2,1-2H3. The van der Waals surface area contributed by atoms with E-state index in [0.717, 1.165) is 12.6 Å². The number of piperidine rings is 1. The molecule has 1 aromatic rings. The molecule has 0 spiro atoms. The Bertz CT molecular complexity index is 411. The van der Waals surface area contributed by atoms with E-state index in [-0.39, 0.29) is 0 Å². The summed E-state index contributed by atoms with van der Waals surface area (Å²) in [5.41, 5.74) is 5.61. The van der Waals surface area contributed by atoms with Crippen LogP contribution < -0.4 is 10.2 Å². The Morgan fingerprint density at radius 3 is 3.00 bits per heavy atom. The summed E-state index contributed by atoms with van der Waals surface area (Å²) >= 11 is 0. The van der Waals surface area contributed by atoms with Gasteiger partial charge in [-0.2, -0.15) is 0 Å². The molecule has 1 N–H and O–H groups in total. The molecular formula is C14H20N2. The largest absolute Gasteiger partial charge is 0.381 e. The van der Waals surface area contributed by atoms with Gasteiger partial charge in [0.2, 0.25) is 0 Å². The van der Waals surface area contributed by atoms with Crippen LogP contribution in [0.5, 0.6) is 0 Å². The van der Waals surface area contributed by atoms with E-state index in [0.29, 0.717) is 0 Å². The molecule has 2 heterocycles. The molecule has 1 saturated heterocycles. The fraction of sp³-hybridized carbons (Fsp3) is 0.571. The van der Waals surface area contributed by atoms with Gasteiger partial charge in [-0.15, -0.1) is 0 Å². The minimum Gasteiger partial charge on any atom is -0.381 e. The molecule has 1 aromatic carbocycles. The summed E-state index contributed by atoms with van der Waals surface area (Å²) in [6, 6.07) is 5.28. The maximum absolute atomic E-state index is 3.63. The highest BCUT2D eigenvalue weighted by molar-refractivity contribution is 5.77. The highest BCUT2D eigenvalue weighted by Gasteiger charge is 2.28. The monoisotopic (exact) mass is 216 g/mol. The first-order chi connectivity index (χ1) is 7.77. The van der Waals surface area contributed by atoms with E-state index < -0.39 is 0 Å². The van der Waals surface area contributed by atoms with Crippen LogP contribution in [0.2, 0.25) is 0 Å². The van der Waals surface area contributed by atoms with Gasteiger partial charge in [0.1, 0.15) is 0 Å². The molecule has 0 saturated carbocycles. The third-order valence-corrected chi connectivity index (χ3v) is 4.16. The Hall–Kier alpha value is -1.18. The molecule has 3 rings (SSSR count). The van der Waals surface area contributed by atoms with Gasteiger partial charge in [-0.25, -0.2) is 0 Å². The van der Waals surface area contributed by atoms with Gasteiger partial charge in [-0.1, -0.05) is 6.07 Å². The predicted octanol–water partition coefficient (Wildman–Crippen LogP) is 3.09. The summed E-state index contributed by atoms with van der Waals surface area (Å²) in [4.78, 5) is 2.61. The number of hydrogen-bond acceptors (Lipinski definition) is 2. The Labute approximate surface area is 97.6 Å². The topological polar surface area (TPSA) is 15.3 Å². The minimum absolute atomic E-state index is 0.725. The van der Waals surface area contributed by atoms with Crippen molar-refractivity contribution < 1.29 is 0 Å². The highest BCUT2D eigenvalue weighted by atomic mass is 15.2. The number of anilines is 2. The van der Waals surface area contributed by atoms with Crippen LogP contribution in [0.25, 0.3) is 0 Å². The van der Waals surface area contributed by atoms with Crippen molar-refractivity contribution in [3.63, 3.8) is 0 Å². The molecule has 1 fully saturated rings. The average Bonchev–Trinajstić information content (AvgIpc) is 2.33. The van der Waals surface area contributed by atoms with Crippen LogP contribution in [0, 0.1) is 13.8 Å². The molecule has 1 unspecified atom stereocenters. The van der Waals surface area contributed by atoms with E-state index in [1.807, 2.05) is 0 Å². The SMILES string of the molecule is Cc1ccc2c(c1C)NCC1CCCCN21. The predicted molar refractivity (Wildman–Crippen MR) is 69.4 cm³/mol. The van der Waals surface area contributed by atoms with Crippen molar-refractivity contribution in [2.75, 3.05) is 23.3 Å². The second kappa shape index (κ2) is 3.69. The van der Waals surface area contributed by atoms with Gasteiger partial charge in [0.05, 0.1) is 11.4 Å². The van der Waals surface area contributed by atoms with Crippen LogP contribution >= 0.6 is 0 Å². The first-order valence-electron chi connectivity index (χ1n) is 6.38. The smallest absolute Gasteiger partial charge is 0.0611 e. The van der Waals surface area contributed by atoms with Crippen LogP contribution in [0.3, 0.4) is 0 Å². The zero-order valence-corrected chi connectivity index (χ0v) is 10.2. The lowest BCUT2D eigenvalue weighted by Crippen LogP contribution is -2.47. The Kier molecular flexibility index (Phi) is 2.31. The molecular weight excluding hydrogens is 196 g/mol. The molecule has 16 heavy (non-hydrogen) atoms. The van der Waals surface area contributed by atoms with E-state index in [4.69, 9.17) is 0 Å². The quantitative estimate of drug-likeness (QED) is 0.717. The molecule has 2 heteroatoms. The normalized spacial score (nSPS) is 23.4. The lowest BCUT2D eigenvalue weighted by Gasteiger charge is -2.43. The molecule has 0 radical (unpaired) electrons. The first kappa shape index (κ1) is 10.0. The molecule has 0 aliphatic carbocycles. The van der Waals surface area contributed by atoms with Crippen molar-refractivity contribution in [3.05, 3.63) is 23.3 Å². The van der Waals surface area contributed by atoms with Crippen molar-refractivity contribution in [1.82, 2.24) is 0 Å². The van der Waals surface area contributed by atoms with Gasteiger partial charge in [-0.3, -0.25) is 0 Å². The van der Waals surface area contributed by atoms with E-state index in [9.17, 15) is 0 Å². The Balaban J connectivity index is 2.05. The number of fused-ring (bicyclic) bond motifs is 3. The van der Waals surface area contributed by atoms with Crippen molar-refractivity contribution >= 4 is 11.4 Å². The van der Waals surface area contributed by atoms with Crippen LogP contribution in [0.15, 0.2) is 12.1 Å². The van der Waals surface area contributed by atoms with Crippen molar-refractivity contribution in [2.45, 2.75) is 39.2 Å². The molecule has 2 nitrogen and oxygen atoms in total. The van der Waals surface area contributed by atoms with Crippen molar-refractivity contribution in [2.24, 2.45) is 0 Å². The van der Waals surface area contributed by atoms with Gasteiger partial charge < -0.3 is 10.2 Å². The van der Waals surface area contributed by atoms with Crippen LogP contribution in [0.4, 0.5) is 11.4 Å². The molecule has 0 bridgehead atoms. The fourth-order valence-electron chi connectivity index (χ4n) is 3.01. The summed E-state index contributed by atoms with van der Waals surface area (Å²) in [6.45, 7) is 6.78. The molecule has 0 amide bonds. The first-order valence-corrected chi connectivity index (χ1v) is 6.38. The average molecular weight is 216 g/mol. The summed E-state index contributed by atoms with van der Waals surface area (Å²) in [6.07, 6.45) is 4.09. The number of rotatable bonds is 0. The van der Waals surface area contributed by atoms with E-state index in [1.165, 1.54) is 48.3 Å². The Morgan fingerprint density at radius 2 is 2.12 bits per heavy atom. The molecule has 2 aliphatic rings. The van der Waals surface area contributed by atoms with Crippen molar-refractivity contribution in [1.29, 1.82) is 0 Å². The zero-order valence-electron chi connectivity index (χ0n) is 10.2. The zero-order chi connectivity index (χ0) is 11.1. The van der Waals surface area contributed by atoms with E-state index in [2.05, 4.69) is 36.2 Å². The summed E-state index contributed by atoms with van der Waals surface area (Å²) in [5, 5.41) is 3.63. The maximum Gasteiger partial charge on any atom is 0.0611 e. The summed E-state index contributed by atoms with van der Waals surface area (Å²) in [5.74, 6) is 0.